The zero-order valence-corrected chi connectivity index (χ0v) is 11.8. The van der Waals surface area contributed by atoms with E-state index in [1.54, 1.807) is 0 Å². The number of rotatable bonds is 3. The predicted molar refractivity (Wildman–Crippen MR) is 72.9 cm³/mol. The lowest BCUT2D eigenvalue weighted by molar-refractivity contribution is -0.0525. The SMILES string of the molecule is CC1(C)CCC(CN2CC(N3CCNCC3)C2)O1. The molecule has 0 bridgehead atoms. The molecule has 0 aliphatic carbocycles. The molecule has 1 atom stereocenters. The fourth-order valence-electron chi connectivity index (χ4n) is 3.46. The van der Waals surface area contributed by atoms with E-state index in [0.29, 0.717) is 6.10 Å². The van der Waals surface area contributed by atoms with Crippen molar-refractivity contribution in [2.75, 3.05) is 45.8 Å². The topological polar surface area (TPSA) is 27.7 Å². The van der Waals surface area contributed by atoms with Gasteiger partial charge in [0.2, 0.25) is 0 Å². The molecule has 1 unspecified atom stereocenters. The maximum atomic E-state index is 6.07. The minimum absolute atomic E-state index is 0.119. The Morgan fingerprint density at radius 2 is 1.94 bits per heavy atom. The van der Waals surface area contributed by atoms with Crippen LogP contribution in [-0.4, -0.2) is 73.4 Å². The smallest absolute Gasteiger partial charge is 0.0710 e. The molecule has 3 saturated heterocycles. The number of ether oxygens (including phenoxy) is 1. The van der Waals surface area contributed by atoms with Gasteiger partial charge >= 0.3 is 0 Å². The summed E-state index contributed by atoms with van der Waals surface area (Å²) in [6, 6.07) is 0.807. The van der Waals surface area contributed by atoms with Crippen LogP contribution >= 0.6 is 0 Å². The molecular formula is C14H27N3O. The molecule has 0 amide bonds. The van der Waals surface area contributed by atoms with E-state index in [9.17, 15) is 0 Å². The Morgan fingerprint density at radius 3 is 2.56 bits per heavy atom. The van der Waals surface area contributed by atoms with E-state index < -0.39 is 0 Å². The second kappa shape index (κ2) is 5.08. The van der Waals surface area contributed by atoms with Gasteiger partial charge in [0, 0.05) is 51.9 Å². The molecule has 0 aromatic carbocycles. The summed E-state index contributed by atoms with van der Waals surface area (Å²) in [7, 11) is 0. The van der Waals surface area contributed by atoms with Gasteiger partial charge in [-0.1, -0.05) is 0 Å². The van der Waals surface area contributed by atoms with Crippen LogP contribution < -0.4 is 5.32 Å². The first kappa shape index (κ1) is 12.9. The van der Waals surface area contributed by atoms with Gasteiger partial charge in [-0.05, 0) is 26.7 Å². The largest absolute Gasteiger partial charge is 0.371 e. The second-order valence-electron chi connectivity index (χ2n) is 6.70. The Bertz CT molecular complexity index is 283. The Labute approximate surface area is 111 Å². The summed E-state index contributed by atoms with van der Waals surface area (Å²) in [5.41, 5.74) is 0.119. The van der Waals surface area contributed by atoms with Gasteiger partial charge in [-0.3, -0.25) is 9.80 Å². The van der Waals surface area contributed by atoms with E-state index in [0.717, 1.165) is 25.7 Å². The quantitative estimate of drug-likeness (QED) is 0.794. The molecule has 104 valence electrons. The number of hydrogen-bond acceptors (Lipinski definition) is 4. The molecule has 0 radical (unpaired) electrons. The first-order valence-electron chi connectivity index (χ1n) is 7.47. The Hall–Kier alpha value is -0.160. The lowest BCUT2D eigenvalue weighted by Crippen LogP contribution is -2.63. The number of nitrogens with zero attached hydrogens (tertiary/aromatic N) is 2. The standard InChI is InChI=1S/C14H27N3O/c1-14(2)4-3-13(18-14)11-16-9-12(10-16)17-7-5-15-6-8-17/h12-13,15H,3-11H2,1-2H3. The highest BCUT2D eigenvalue weighted by Gasteiger charge is 2.37. The van der Waals surface area contributed by atoms with E-state index >= 15 is 0 Å². The molecule has 0 saturated carbocycles. The van der Waals surface area contributed by atoms with Gasteiger partial charge in [-0.2, -0.15) is 0 Å². The Kier molecular flexibility index (Phi) is 3.63. The predicted octanol–water partition coefficient (Wildman–Crippen LogP) is 0.533. The molecule has 3 aliphatic heterocycles. The third-order valence-corrected chi connectivity index (χ3v) is 4.62. The number of likely N-dealkylation sites (tertiary alicyclic amines) is 1. The van der Waals surface area contributed by atoms with Crippen molar-refractivity contribution in [2.45, 2.75) is 44.4 Å². The minimum Gasteiger partial charge on any atom is -0.371 e. The molecule has 3 rings (SSSR count). The normalized spacial score (nSPS) is 34.7. The summed E-state index contributed by atoms with van der Waals surface area (Å²) in [5, 5.41) is 3.42. The van der Waals surface area contributed by atoms with Gasteiger partial charge in [0.1, 0.15) is 0 Å². The van der Waals surface area contributed by atoms with Gasteiger partial charge in [-0.15, -0.1) is 0 Å². The summed E-state index contributed by atoms with van der Waals surface area (Å²) in [4.78, 5) is 5.21. The van der Waals surface area contributed by atoms with Crippen molar-refractivity contribution >= 4 is 0 Å². The van der Waals surface area contributed by atoms with Crippen LogP contribution in [0.3, 0.4) is 0 Å². The summed E-state index contributed by atoms with van der Waals surface area (Å²) in [5.74, 6) is 0. The van der Waals surface area contributed by atoms with Crippen molar-refractivity contribution < 1.29 is 4.74 Å². The highest BCUT2D eigenvalue weighted by Crippen LogP contribution is 2.30. The molecular weight excluding hydrogens is 226 g/mol. The fraction of sp³-hybridized carbons (Fsp3) is 1.00. The Balaban J connectivity index is 1.38. The van der Waals surface area contributed by atoms with E-state index in [-0.39, 0.29) is 5.60 Å². The Morgan fingerprint density at radius 1 is 1.22 bits per heavy atom. The van der Waals surface area contributed by atoms with Crippen LogP contribution in [0, 0.1) is 0 Å². The van der Waals surface area contributed by atoms with Gasteiger partial charge in [-0.25, -0.2) is 0 Å². The van der Waals surface area contributed by atoms with Gasteiger partial charge in [0.25, 0.3) is 0 Å². The molecule has 3 aliphatic rings. The highest BCUT2D eigenvalue weighted by atomic mass is 16.5. The van der Waals surface area contributed by atoms with Crippen LogP contribution in [0.25, 0.3) is 0 Å². The molecule has 3 fully saturated rings. The minimum atomic E-state index is 0.119. The van der Waals surface area contributed by atoms with Gasteiger partial charge < -0.3 is 10.1 Å². The molecule has 0 aromatic heterocycles. The van der Waals surface area contributed by atoms with Crippen LogP contribution in [0.5, 0.6) is 0 Å². The van der Waals surface area contributed by atoms with Crippen molar-refractivity contribution in [3.8, 4) is 0 Å². The van der Waals surface area contributed by atoms with Crippen LogP contribution in [0.2, 0.25) is 0 Å². The van der Waals surface area contributed by atoms with Crippen LogP contribution in [-0.2, 0) is 4.74 Å². The van der Waals surface area contributed by atoms with Gasteiger partial charge in [0.15, 0.2) is 0 Å². The molecule has 3 heterocycles. The van der Waals surface area contributed by atoms with Crippen LogP contribution in [0.15, 0.2) is 0 Å². The third kappa shape index (κ3) is 2.87. The third-order valence-electron chi connectivity index (χ3n) is 4.62. The summed E-state index contributed by atoms with van der Waals surface area (Å²) >= 11 is 0. The van der Waals surface area contributed by atoms with E-state index in [2.05, 4.69) is 29.0 Å². The summed E-state index contributed by atoms with van der Waals surface area (Å²) in [6.45, 7) is 12.9. The van der Waals surface area contributed by atoms with E-state index in [1.807, 2.05) is 0 Å². The number of nitrogens with one attached hydrogen (secondary N) is 1. The molecule has 0 spiro atoms. The molecule has 1 N–H and O–H groups in total. The van der Waals surface area contributed by atoms with Crippen molar-refractivity contribution in [3.05, 3.63) is 0 Å². The molecule has 4 nitrogen and oxygen atoms in total. The number of piperazine rings is 1. The monoisotopic (exact) mass is 253 g/mol. The average molecular weight is 253 g/mol. The lowest BCUT2D eigenvalue weighted by Gasteiger charge is -2.47. The second-order valence-corrected chi connectivity index (χ2v) is 6.70. The van der Waals surface area contributed by atoms with Gasteiger partial charge in [0.05, 0.1) is 11.7 Å². The first-order chi connectivity index (χ1) is 8.62. The van der Waals surface area contributed by atoms with Crippen molar-refractivity contribution in [1.29, 1.82) is 0 Å². The van der Waals surface area contributed by atoms with E-state index in [4.69, 9.17) is 4.74 Å². The molecule has 18 heavy (non-hydrogen) atoms. The van der Waals surface area contributed by atoms with E-state index in [1.165, 1.54) is 39.0 Å². The summed E-state index contributed by atoms with van der Waals surface area (Å²) in [6.07, 6.45) is 2.93. The average Bonchev–Trinajstić information content (AvgIpc) is 2.64. The number of hydrogen-bond donors (Lipinski definition) is 1. The van der Waals surface area contributed by atoms with Crippen molar-refractivity contribution in [3.63, 3.8) is 0 Å². The first-order valence-corrected chi connectivity index (χ1v) is 7.47. The zero-order valence-electron chi connectivity index (χ0n) is 11.8. The fourth-order valence-corrected chi connectivity index (χ4v) is 3.46. The van der Waals surface area contributed by atoms with Crippen molar-refractivity contribution in [2.24, 2.45) is 0 Å². The maximum Gasteiger partial charge on any atom is 0.0710 e. The van der Waals surface area contributed by atoms with Crippen LogP contribution in [0.1, 0.15) is 26.7 Å². The zero-order chi connectivity index (χ0) is 12.6. The molecule has 4 heteroatoms. The molecule has 0 aromatic rings. The lowest BCUT2D eigenvalue weighted by atomic mass is 10.0. The van der Waals surface area contributed by atoms with Crippen LogP contribution in [0.4, 0.5) is 0 Å². The van der Waals surface area contributed by atoms with Crippen molar-refractivity contribution in [1.82, 2.24) is 15.1 Å². The summed E-state index contributed by atoms with van der Waals surface area (Å²) < 4.78 is 6.07. The highest BCUT2D eigenvalue weighted by molar-refractivity contribution is 4.92. The maximum absolute atomic E-state index is 6.07.